The van der Waals surface area contributed by atoms with Gasteiger partial charge in [0.05, 0.1) is 17.1 Å². The van der Waals surface area contributed by atoms with Crippen LogP contribution in [0, 0.1) is 5.82 Å². The van der Waals surface area contributed by atoms with Gasteiger partial charge in [-0.05, 0) is 0 Å². The van der Waals surface area contributed by atoms with Gasteiger partial charge in [-0.25, -0.2) is 9.87 Å². The highest BCUT2D eigenvalue weighted by Crippen LogP contribution is 2.34. The molecule has 4 N–H and O–H groups in total. The molecule has 1 aromatic carbocycles. The van der Waals surface area contributed by atoms with Gasteiger partial charge in [-0.1, -0.05) is 11.6 Å². The van der Waals surface area contributed by atoms with Crippen LogP contribution in [0.4, 0.5) is 4.39 Å². The Hall–Kier alpha value is -1.04. The van der Waals surface area contributed by atoms with E-state index in [4.69, 9.17) is 21.9 Å². The third-order valence-corrected chi connectivity index (χ3v) is 1.81. The third kappa shape index (κ3) is 1.82. The Morgan fingerprint density at radius 2 is 2.08 bits per heavy atom. The van der Waals surface area contributed by atoms with Gasteiger partial charge in [-0.15, -0.1) is 0 Å². The van der Waals surface area contributed by atoms with Crippen LogP contribution < -0.4 is 5.48 Å². The molecule has 0 spiro atoms. The van der Waals surface area contributed by atoms with E-state index >= 15 is 0 Å². The lowest BCUT2D eigenvalue weighted by Crippen LogP contribution is -2.08. The maximum atomic E-state index is 13.0. The first kappa shape index (κ1) is 10.0. The minimum Gasteiger partial charge on any atom is -0.506 e. The molecule has 72 valence electrons. The van der Waals surface area contributed by atoms with E-state index in [2.05, 4.69) is 0 Å². The first-order valence-corrected chi connectivity index (χ1v) is 3.71. The lowest BCUT2D eigenvalue weighted by atomic mass is 10.1. The predicted molar refractivity (Wildman–Crippen MR) is 43.4 cm³/mol. The zero-order valence-electron chi connectivity index (χ0n) is 6.38. The second-order valence-electron chi connectivity index (χ2n) is 2.35. The number of phenolic OH excluding ortho intramolecular Hbond substituents is 2. The van der Waals surface area contributed by atoms with Crippen LogP contribution in [0.3, 0.4) is 0 Å². The molecule has 0 unspecified atom stereocenters. The first-order chi connectivity index (χ1) is 6.07. The number of benzene rings is 1. The summed E-state index contributed by atoms with van der Waals surface area (Å²) in [6, 6.07) is 0.882. The number of halogens is 2. The largest absolute Gasteiger partial charge is 0.506 e. The Morgan fingerprint density at radius 3 is 2.62 bits per heavy atom. The van der Waals surface area contributed by atoms with Gasteiger partial charge in [0, 0.05) is 6.07 Å². The molecule has 4 nitrogen and oxygen atoms in total. The molecule has 6 heteroatoms. The third-order valence-electron chi connectivity index (χ3n) is 1.52. The number of hydrogen-bond acceptors (Lipinski definition) is 4. The molecule has 0 aromatic heterocycles. The van der Waals surface area contributed by atoms with Crippen LogP contribution in [0.25, 0.3) is 0 Å². The monoisotopic (exact) mass is 207 g/mol. The molecular formula is C7H7ClFNO3. The Balaban J connectivity index is 3.28. The van der Waals surface area contributed by atoms with Gasteiger partial charge in [-0.2, -0.15) is 0 Å². The molecule has 0 saturated carbocycles. The molecular weight excluding hydrogens is 201 g/mol. The highest BCUT2D eigenvalue weighted by Gasteiger charge is 2.15. The van der Waals surface area contributed by atoms with E-state index in [1.54, 1.807) is 5.48 Å². The first-order valence-electron chi connectivity index (χ1n) is 3.33. The molecule has 0 aliphatic heterocycles. The Labute approximate surface area is 78.2 Å². The van der Waals surface area contributed by atoms with E-state index in [0.717, 1.165) is 6.07 Å². The van der Waals surface area contributed by atoms with Crippen molar-refractivity contribution in [1.82, 2.24) is 5.48 Å². The summed E-state index contributed by atoms with van der Waals surface area (Å²) >= 11 is 5.44. The summed E-state index contributed by atoms with van der Waals surface area (Å²) in [6.07, 6.45) is 0. The van der Waals surface area contributed by atoms with Gasteiger partial charge in [0.2, 0.25) is 0 Å². The van der Waals surface area contributed by atoms with Crippen LogP contribution in [0.15, 0.2) is 6.07 Å². The number of phenols is 2. The molecule has 0 amide bonds. The van der Waals surface area contributed by atoms with Crippen LogP contribution >= 0.6 is 11.6 Å². The lowest BCUT2D eigenvalue weighted by molar-refractivity contribution is 0.158. The van der Waals surface area contributed by atoms with E-state index in [9.17, 15) is 9.50 Å². The van der Waals surface area contributed by atoms with Gasteiger partial charge in [0.1, 0.15) is 5.75 Å². The molecule has 0 bridgehead atoms. The maximum Gasteiger partial charge on any atom is 0.173 e. The standard InChI is InChI=1S/C7H7ClFNO3/c8-4-1-5(11)6(9)3(2-10-13)7(4)12/h1,10-13H,2H2. The van der Waals surface area contributed by atoms with E-state index in [1.807, 2.05) is 0 Å². The van der Waals surface area contributed by atoms with Crippen molar-refractivity contribution < 1.29 is 19.8 Å². The van der Waals surface area contributed by atoms with Gasteiger partial charge >= 0.3 is 0 Å². The molecule has 0 aliphatic carbocycles. The van der Waals surface area contributed by atoms with Gasteiger partial charge in [0.25, 0.3) is 0 Å². The smallest absolute Gasteiger partial charge is 0.173 e. The van der Waals surface area contributed by atoms with Crippen LogP contribution in [-0.4, -0.2) is 15.4 Å². The lowest BCUT2D eigenvalue weighted by Gasteiger charge is -2.07. The Morgan fingerprint density at radius 1 is 1.46 bits per heavy atom. The second-order valence-corrected chi connectivity index (χ2v) is 2.76. The normalized spacial score (nSPS) is 10.4. The maximum absolute atomic E-state index is 13.0. The minimum atomic E-state index is -1.01. The highest BCUT2D eigenvalue weighted by atomic mass is 35.5. The molecule has 1 aromatic rings. The van der Waals surface area contributed by atoms with Crippen LogP contribution in [-0.2, 0) is 6.54 Å². The molecule has 0 atom stereocenters. The zero-order valence-corrected chi connectivity index (χ0v) is 7.14. The minimum absolute atomic E-state index is 0.177. The van der Waals surface area contributed by atoms with Crippen molar-refractivity contribution in [3.8, 4) is 11.5 Å². The van der Waals surface area contributed by atoms with Crippen LogP contribution in [0.5, 0.6) is 11.5 Å². The summed E-state index contributed by atoms with van der Waals surface area (Å²) in [6.45, 7) is -0.341. The Bertz CT molecular complexity index is 306. The predicted octanol–water partition coefficient (Wildman–Crippen LogP) is 1.37. The topological polar surface area (TPSA) is 72.7 Å². The second kappa shape index (κ2) is 3.78. The summed E-state index contributed by atoms with van der Waals surface area (Å²) < 4.78 is 13.0. The average Bonchev–Trinajstić information content (AvgIpc) is 2.09. The van der Waals surface area contributed by atoms with E-state index in [0.29, 0.717) is 0 Å². The number of hydrogen-bond donors (Lipinski definition) is 4. The summed E-state index contributed by atoms with van der Waals surface area (Å²) in [4.78, 5) is 0. The summed E-state index contributed by atoms with van der Waals surface area (Å²) in [5.41, 5.74) is 1.37. The number of hydroxylamine groups is 1. The van der Waals surface area contributed by atoms with Crippen molar-refractivity contribution in [2.45, 2.75) is 6.54 Å². The number of nitrogens with one attached hydrogen (secondary N) is 1. The molecule has 0 radical (unpaired) electrons. The molecule has 0 fully saturated rings. The van der Waals surface area contributed by atoms with Crippen LogP contribution in [0.1, 0.15) is 5.56 Å². The van der Waals surface area contributed by atoms with Gasteiger partial charge in [-0.3, -0.25) is 0 Å². The average molecular weight is 208 g/mol. The van der Waals surface area contributed by atoms with Crippen molar-refractivity contribution in [2.24, 2.45) is 0 Å². The van der Waals surface area contributed by atoms with Crippen molar-refractivity contribution in [1.29, 1.82) is 0 Å². The zero-order chi connectivity index (χ0) is 10.0. The van der Waals surface area contributed by atoms with E-state index in [1.165, 1.54) is 0 Å². The fourth-order valence-corrected chi connectivity index (χ4v) is 1.11. The van der Waals surface area contributed by atoms with Crippen molar-refractivity contribution >= 4 is 11.6 Å². The fraction of sp³-hybridized carbons (Fsp3) is 0.143. The molecule has 1 rings (SSSR count). The van der Waals surface area contributed by atoms with Gasteiger partial charge in [0.15, 0.2) is 11.6 Å². The SMILES string of the molecule is ONCc1c(O)c(Cl)cc(O)c1F. The van der Waals surface area contributed by atoms with Crippen LogP contribution in [0.2, 0.25) is 5.02 Å². The molecule has 0 heterocycles. The summed E-state index contributed by atoms with van der Waals surface area (Å²) in [5.74, 6) is -2.19. The highest BCUT2D eigenvalue weighted by molar-refractivity contribution is 6.32. The van der Waals surface area contributed by atoms with Crippen molar-refractivity contribution in [3.05, 3.63) is 22.5 Å². The van der Waals surface area contributed by atoms with Crippen molar-refractivity contribution in [2.75, 3.05) is 0 Å². The molecule has 0 saturated heterocycles. The Kier molecular flexibility index (Phi) is 2.92. The summed E-state index contributed by atoms with van der Waals surface area (Å²) in [7, 11) is 0. The molecule has 0 aliphatic rings. The van der Waals surface area contributed by atoms with E-state index < -0.39 is 17.3 Å². The molecule has 13 heavy (non-hydrogen) atoms. The quantitative estimate of drug-likeness (QED) is 0.437. The van der Waals surface area contributed by atoms with E-state index in [-0.39, 0.29) is 17.1 Å². The fourth-order valence-electron chi connectivity index (χ4n) is 0.895. The number of aromatic hydroxyl groups is 2. The van der Waals surface area contributed by atoms with Gasteiger partial charge < -0.3 is 15.4 Å². The van der Waals surface area contributed by atoms with Crippen molar-refractivity contribution in [3.63, 3.8) is 0 Å². The number of rotatable bonds is 2. The summed E-state index contributed by atoms with van der Waals surface area (Å²) in [5, 5.41) is 26.3.